The van der Waals surface area contributed by atoms with Crippen LogP contribution in [0.3, 0.4) is 0 Å². The van der Waals surface area contributed by atoms with Crippen molar-refractivity contribution in [2.45, 2.75) is 51.5 Å². The second-order valence-corrected chi connectivity index (χ2v) is 7.24. The van der Waals surface area contributed by atoms with E-state index in [9.17, 15) is 8.42 Å². The molecule has 0 radical (unpaired) electrons. The van der Waals surface area contributed by atoms with Crippen LogP contribution in [-0.2, 0) is 9.84 Å². The maximum absolute atomic E-state index is 11.1. The predicted octanol–water partition coefficient (Wildman–Crippen LogP) is 1.98. The smallest absolute Gasteiger partial charge is 0.147 e. The van der Waals surface area contributed by atoms with Gasteiger partial charge in [-0.05, 0) is 38.1 Å². The lowest BCUT2D eigenvalue weighted by molar-refractivity contribution is 0.344. The lowest BCUT2D eigenvalue weighted by Gasteiger charge is -2.24. The molecule has 3 nitrogen and oxygen atoms in total. The Balaban J connectivity index is 2.32. The van der Waals surface area contributed by atoms with Crippen LogP contribution in [0.15, 0.2) is 0 Å². The zero-order valence-corrected chi connectivity index (χ0v) is 11.4. The van der Waals surface area contributed by atoms with Crippen molar-refractivity contribution >= 4 is 9.84 Å². The van der Waals surface area contributed by atoms with E-state index >= 15 is 0 Å². The third kappa shape index (κ3) is 5.30. The minimum Gasteiger partial charge on any atom is -0.314 e. The molecule has 1 aliphatic carbocycles. The van der Waals surface area contributed by atoms with E-state index in [0.717, 1.165) is 25.3 Å². The van der Waals surface area contributed by atoms with E-state index in [-0.39, 0.29) is 0 Å². The number of hydrogen-bond donors (Lipinski definition) is 1. The van der Waals surface area contributed by atoms with Crippen LogP contribution in [0.25, 0.3) is 0 Å². The molecule has 0 aromatic heterocycles. The number of nitrogens with one attached hydrogen (secondary N) is 1. The zero-order chi connectivity index (χ0) is 12.0. The van der Waals surface area contributed by atoms with E-state index < -0.39 is 9.84 Å². The molecular formula is C12H25NO2S. The highest BCUT2D eigenvalue weighted by Crippen LogP contribution is 2.29. The molecule has 0 aromatic carbocycles. The molecule has 1 rings (SSSR count). The predicted molar refractivity (Wildman–Crippen MR) is 68.4 cm³/mol. The fourth-order valence-electron chi connectivity index (χ4n) is 2.69. The Kier molecular flexibility index (Phi) is 5.76. The maximum atomic E-state index is 11.1. The van der Waals surface area contributed by atoms with Gasteiger partial charge in [0.15, 0.2) is 0 Å². The summed E-state index contributed by atoms with van der Waals surface area (Å²) >= 11 is 0. The first kappa shape index (κ1) is 14.0. The van der Waals surface area contributed by atoms with Crippen LogP contribution in [0.4, 0.5) is 0 Å². The Bertz CT molecular complexity index is 281. The van der Waals surface area contributed by atoms with Gasteiger partial charge in [-0.25, -0.2) is 8.42 Å². The Morgan fingerprint density at radius 3 is 2.44 bits per heavy atom. The van der Waals surface area contributed by atoms with Gasteiger partial charge in [-0.2, -0.15) is 0 Å². The average molecular weight is 247 g/mol. The third-order valence-electron chi connectivity index (χ3n) is 3.47. The summed E-state index contributed by atoms with van der Waals surface area (Å²) in [6.07, 6.45) is 8.45. The molecule has 4 heteroatoms. The fraction of sp³-hybridized carbons (Fsp3) is 1.00. The number of hydrogen-bond acceptors (Lipinski definition) is 3. The van der Waals surface area contributed by atoms with E-state index in [1.54, 1.807) is 0 Å². The summed E-state index contributed by atoms with van der Waals surface area (Å²) in [4.78, 5) is 0. The van der Waals surface area contributed by atoms with E-state index in [2.05, 4.69) is 12.2 Å². The summed E-state index contributed by atoms with van der Waals surface area (Å²) in [6.45, 7) is 3.11. The first-order valence-electron chi connectivity index (χ1n) is 6.44. The van der Waals surface area contributed by atoms with Gasteiger partial charge in [-0.3, -0.25) is 0 Å². The molecule has 0 saturated heterocycles. The molecule has 16 heavy (non-hydrogen) atoms. The van der Waals surface area contributed by atoms with Crippen LogP contribution in [0.2, 0.25) is 0 Å². The van der Waals surface area contributed by atoms with Crippen LogP contribution < -0.4 is 5.32 Å². The summed E-state index contributed by atoms with van der Waals surface area (Å²) in [7, 11) is -2.79. The van der Waals surface area contributed by atoms with Gasteiger partial charge in [0.2, 0.25) is 0 Å². The summed E-state index contributed by atoms with van der Waals surface area (Å²) in [6, 6.07) is 0.536. The highest BCUT2D eigenvalue weighted by atomic mass is 32.2. The Labute approximate surface area is 99.9 Å². The Morgan fingerprint density at radius 2 is 1.94 bits per heavy atom. The zero-order valence-electron chi connectivity index (χ0n) is 10.5. The van der Waals surface area contributed by atoms with Crippen molar-refractivity contribution in [2.75, 3.05) is 18.6 Å². The summed E-state index contributed by atoms with van der Waals surface area (Å²) in [5, 5.41) is 3.52. The summed E-state index contributed by atoms with van der Waals surface area (Å²) in [5.74, 6) is 1.11. The normalized spacial score (nSPS) is 20.1. The Hall–Kier alpha value is -0.0900. The van der Waals surface area contributed by atoms with Crippen LogP contribution in [0.1, 0.15) is 45.4 Å². The maximum Gasteiger partial charge on any atom is 0.147 e. The molecule has 96 valence electrons. The molecule has 0 amide bonds. The van der Waals surface area contributed by atoms with Crippen molar-refractivity contribution in [1.29, 1.82) is 0 Å². The van der Waals surface area contributed by atoms with Gasteiger partial charge in [0.25, 0.3) is 0 Å². The SMILES string of the molecule is CCNC(CCCS(C)(=O)=O)C1CCCC1. The van der Waals surface area contributed by atoms with Crippen LogP contribution >= 0.6 is 0 Å². The van der Waals surface area contributed by atoms with Gasteiger partial charge in [0.1, 0.15) is 9.84 Å². The molecule has 0 bridgehead atoms. The standard InChI is InChI=1S/C12H25NO2S/c1-3-13-12(11-7-4-5-8-11)9-6-10-16(2,14)15/h11-13H,3-10H2,1-2H3. The first-order valence-corrected chi connectivity index (χ1v) is 8.50. The lowest BCUT2D eigenvalue weighted by atomic mass is 9.94. The van der Waals surface area contributed by atoms with Crippen LogP contribution in [0.5, 0.6) is 0 Å². The topological polar surface area (TPSA) is 46.2 Å². The molecule has 0 aromatic rings. The van der Waals surface area contributed by atoms with Gasteiger partial charge in [0, 0.05) is 18.1 Å². The first-order chi connectivity index (χ1) is 7.53. The second kappa shape index (κ2) is 6.60. The summed E-state index contributed by atoms with van der Waals surface area (Å²) in [5.41, 5.74) is 0. The fourth-order valence-corrected chi connectivity index (χ4v) is 3.38. The largest absolute Gasteiger partial charge is 0.314 e. The minimum absolute atomic E-state index is 0.335. The van der Waals surface area contributed by atoms with Gasteiger partial charge in [-0.1, -0.05) is 19.8 Å². The van der Waals surface area contributed by atoms with Gasteiger partial charge in [-0.15, -0.1) is 0 Å². The summed E-state index contributed by atoms with van der Waals surface area (Å²) < 4.78 is 22.1. The van der Waals surface area contributed by atoms with Crippen molar-refractivity contribution in [1.82, 2.24) is 5.32 Å². The molecule has 0 spiro atoms. The highest BCUT2D eigenvalue weighted by Gasteiger charge is 2.24. The van der Waals surface area contributed by atoms with Gasteiger partial charge >= 0.3 is 0 Å². The molecule has 1 N–H and O–H groups in total. The molecule has 0 heterocycles. The molecule has 0 aliphatic heterocycles. The molecular weight excluding hydrogens is 222 g/mol. The average Bonchev–Trinajstić information content (AvgIpc) is 2.67. The molecule has 1 saturated carbocycles. The second-order valence-electron chi connectivity index (χ2n) is 4.98. The van der Waals surface area contributed by atoms with Crippen molar-refractivity contribution in [2.24, 2.45) is 5.92 Å². The van der Waals surface area contributed by atoms with Crippen LogP contribution in [0, 0.1) is 5.92 Å². The van der Waals surface area contributed by atoms with Crippen LogP contribution in [-0.4, -0.2) is 33.0 Å². The highest BCUT2D eigenvalue weighted by molar-refractivity contribution is 7.90. The van der Waals surface area contributed by atoms with Gasteiger partial charge < -0.3 is 5.32 Å². The quantitative estimate of drug-likeness (QED) is 0.748. The van der Waals surface area contributed by atoms with Crippen molar-refractivity contribution in [3.63, 3.8) is 0 Å². The molecule has 1 atom stereocenters. The van der Waals surface area contributed by atoms with E-state index in [1.807, 2.05) is 0 Å². The third-order valence-corrected chi connectivity index (χ3v) is 4.50. The van der Waals surface area contributed by atoms with Crippen molar-refractivity contribution in [3.05, 3.63) is 0 Å². The van der Waals surface area contributed by atoms with Crippen molar-refractivity contribution in [3.8, 4) is 0 Å². The van der Waals surface area contributed by atoms with E-state index in [1.165, 1.54) is 31.9 Å². The van der Waals surface area contributed by atoms with E-state index in [0.29, 0.717) is 11.8 Å². The number of sulfone groups is 1. The Morgan fingerprint density at radius 1 is 1.31 bits per heavy atom. The lowest BCUT2D eigenvalue weighted by Crippen LogP contribution is -2.35. The molecule has 1 fully saturated rings. The monoisotopic (exact) mass is 247 g/mol. The molecule has 1 unspecified atom stereocenters. The number of rotatable bonds is 7. The minimum atomic E-state index is -2.79. The van der Waals surface area contributed by atoms with Gasteiger partial charge in [0.05, 0.1) is 0 Å². The van der Waals surface area contributed by atoms with Crippen molar-refractivity contribution < 1.29 is 8.42 Å². The molecule has 1 aliphatic rings. The van der Waals surface area contributed by atoms with E-state index in [4.69, 9.17) is 0 Å².